The van der Waals surface area contributed by atoms with Crippen LogP contribution in [0.5, 0.6) is 0 Å². The van der Waals surface area contributed by atoms with Gasteiger partial charge in [-0.05, 0) is 12.8 Å². The Balaban J connectivity index is 2.17. The van der Waals surface area contributed by atoms with Gasteiger partial charge >= 0.3 is 0 Å². The van der Waals surface area contributed by atoms with E-state index < -0.39 is 0 Å². The summed E-state index contributed by atoms with van der Waals surface area (Å²) in [7, 11) is 0. The summed E-state index contributed by atoms with van der Waals surface area (Å²) in [6.45, 7) is 1.64. The third-order valence-electron chi connectivity index (χ3n) is 1.31. The van der Waals surface area contributed by atoms with Crippen molar-refractivity contribution < 1.29 is 4.84 Å². The normalized spacial score (nSPS) is 31.9. The number of nitrogens with one attached hydrogen (secondary N) is 1. The Morgan fingerprint density at radius 1 is 1.50 bits per heavy atom. The Labute approximate surface area is 49.2 Å². The maximum absolute atomic E-state index is 5.61. The van der Waals surface area contributed by atoms with E-state index in [1.54, 1.807) is 0 Å². The molecule has 0 radical (unpaired) electrons. The molecular weight excluding hydrogens is 104 g/mol. The van der Waals surface area contributed by atoms with E-state index in [0.717, 1.165) is 26.0 Å². The molecule has 1 aliphatic heterocycles. The molecule has 0 aromatic rings. The van der Waals surface area contributed by atoms with Crippen LogP contribution in [0.25, 0.3) is 0 Å². The van der Waals surface area contributed by atoms with Crippen LogP contribution in [0.15, 0.2) is 0 Å². The SMILES string of the molecule is NC1CCNOCC1. The van der Waals surface area contributed by atoms with Gasteiger partial charge in [0.2, 0.25) is 0 Å². The van der Waals surface area contributed by atoms with E-state index in [1.165, 1.54) is 0 Å². The van der Waals surface area contributed by atoms with Gasteiger partial charge in [-0.15, -0.1) is 0 Å². The number of hydrogen-bond donors (Lipinski definition) is 2. The van der Waals surface area contributed by atoms with Crippen molar-refractivity contribution in [2.24, 2.45) is 5.73 Å². The quantitative estimate of drug-likeness (QED) is 0.454. The molecule has 0 amide bonds. The van der Waals surface area contributed by atoms with Gasteiger partial charge in [-0.25, -0.2) is 5.48 Å². The fraction of sp³-hybridized carbons (Fsp3) is 1.00. The van der Waals surface area contributed by atoms with E-state index in [0.29, 0.717) is 6.04 Å². The summed E-state index contributed by atoms with van der Waals surface area (Å²) < 4.78 is 0. The van der Waals surface area contributed by atoms with Crippen molar-refractivity contribution in [3.05, 3.63) is 0 Å². The van der Waals surface area contributed by atoms with Crippen molar-refractivity contribution >= 4 is 0 Å². The molecule has 0 aromatic heterocycles. The van der Waals surface area contributed by atoms with E-state index in [2.05, 4.69) is 5.48 Å². The van der Waals surface area contributed by atoms with E-state index >= 15 is 0 Å². The Hall–Kier alpha value is -0.120. The van der Waals surface area contributed by atoms with Crippen LogP contribution >= 0.6 is 0 Å². The molecule has 3 nitrogen and oxygen atoms in total. The molecule has 1 fully saturated rings. The monoisotopic (exact) mass is 116 g/mol. The van der Waals surface area contributed by atoms with Gasteiger partial charge in [-0.2, -0.15) is 0 Å². The number of rotatable bonds is 0. The molecule has 3 N–H and O–H groups in total. The number of hydrogen-bond acceptors (Lipinski definition) is 3. The lowest BCUT2D eigenvalue weighted by Crippen LogP contribution is -2.21. The molecule has 1 aliphatic rings. The van der Waals surface area contributed by atoms with Gasteiger partial charge in [-0.1, -0.05) is 0 Å². The van der Waals surface area contributed by atoms with Crippen molar-refractivity contribution in [3.8, 4) is 0 Å². The highest BCUT2D eigenvalue weighted by Crippen LogP contribution is 1.96. The molecule has 0 aliphatic carbocycles. The Kier molecular flexibility index (Phi) is 2.27. The van der Waals surface area contributed by atoms with Crippen LogP contribution in [0.4, 0.5) is 0 Å². The zero-order valence-corrected chi connectivity index (χ0v) is 4.89. The summed E-state index contributed by atoms with van der Waals surface area (Å²) in [5.41, 5.74) is 8.41. The lowest BCUT2D eigenvalue weighted by molar-refractivity contribution is 0.0521. The van der Waals surface area contributed by atoms with E-state index in [-0.39, 0.29) is 0 Å². The van der Waals surface area contributed by atoms with Gasteiger partial charge in [0.15, 0.2) is 0 Å². The molecule has 0 spiro atoms. The van der Waals surface area contributed by atoms with Gasteiger partial charge < -0.3 is 10.6 Å². The molecule has 1 saturated heterocycles. The number of hydroxylamine groups is 1. The van der Waals surface area contributed by atoms with Crippen molar-refractivity contribution in [3.63, 3.8) is 0 Å². The fourth-order valence-electron chi connectivity index (χ4n) is 0.743. The largest absolute Gasteiger partial charge is 0.328 e. The third kappa shape index (κ3) is 1.78. The maximum Gasteiger partial charge on any atom is 0.0696 e. The van der Waals surface area contributed by atoms with Crippen LogP contribution in [-0.4, -0.2) is 19.2 Å². The average Bonchev–Trinajstić information content (AvgIpc) is 1.94. The smallest absolute Gasteiger partial charge is 0.0696 e. The number of nitrogens with two attached hydrogens (primary N) is 1. The van der Waals surface area contributed by atoms with Crippen LogP contribution in [0, 0.1) is 0 Å². The highest BCUT2D eigenvalue weighted by molar-refractivity contribution is 4.62. The second-order valence-electron chi connectivity index (χ2n) is 2.08. The van der Waals surface area contributed by atoms with Crippen molar-refractivity contribution in [1.29, 1.82) is 0 Å². The topological polar surface area (TPSA) is 47.3 Å². The first-order valence-corrected chi connectivity index (χ1v) is 3.00. The second-order valence-corrected chi connectivity index (χ2v) is 2.08. The van der Waals surface area contributed by atoms with E-state index in [4.69, 9.17) is 10.6 Å². The van der Waals surface area contributed by atoms with Gasteiger partial charge in [0.05, 0.1) is 6.61 Å². The summed E-state index contributed by atoms with van der Waals surface area (Å²) in [4.78, 5) is 4.93. The predicted molar refractivity (Wildman–Crippen MR) is 31.2 cm³/mol. The summed E-state index contributed by atoms with van der Waals surface area (Å²) in [5, 5.41) is 0. The van der Waals surface area contributed by atoms with Gasteiger partial charge in [0, 0.05) is 12.6 Å². The van der Waals surface area contributed by atoms with Crippen LogP contribution in [0.3, 0.4) is 0 Å². The Morgan fingerprint density at radius 3 is 3.25 bits per heavy atom. The molecular formula is C5H12N2O. The minimum absolute atomic E-state index is 0.338. The zero-order chi connectivity index (χ0) is 5.82. The van der Waals surface area contributed by atoms with Gasteiger partial charge in [-0.3, -0.25) is 0 Å². The van der Waals surface area contributed by atoms with E-state index in [9.17, 15) is 0 Å². The molecule has 3 heteroatoms. The maximum atomic E-state index is 5.61. The summed E-state index contributed by atoms with van der Waals surface area (Å²) >= 11 is 0. The molecule has 0 aromatic carbocycles. The summed E-state index contributed by atoms with van der Waals surface area (Å²) in [6.07, 6.45) is 2.01. The standard InChI is InChI=1S/C5H12N2O/c6-5-1-3-7-8-4-2-5/h5,7H,1-4,6H2. The summed E-state index contributed by atoms with van der Waals surface area (Å²) in [6, 6.07) is 0.338. The van der Waals surface area contributed by atoms with Crippen LogP contribution in [0.1, 0.15) is 12.8 Å². The molecule has 1 unspecified atom stereocenters. The first-order valence-electron chi connectivity index (χ1n) is 3.00. The molecule has 1 atom stereocenters. The predicted octanol–water partition coefficient (Wildman–Crippen LogP) is -0.371. The minimum Gasteiger partial charge on any atom is -0.328 e. The lowest BCUT2D eigenvalue weighted by Gasteiger charge is -2.01. The van der Waals surface area contributed by atoms with E-state index in [1.807, 2.05) is 0 Å². The molecule has 48 valence electrons. The first-order chi connectivity index (χ1) is 3.89. The molecule has 8 heavy (non-hydrogen) atoms. The Bertz CT molecular complexity index is 59.4. The minimum atomic E-state index is 0.338. The molecule has 1 heterocycles. The van der Waals surface area contributed by atoms with Crippen molar-refractivity contribution in [2.75, 3.05) is 13.2 Å². The molecule has 0 saturated carbocycles. The Morgan fingerprint density at radius 2 is 2.38 bits per heavy atom. The van der Waals surface area contributed by atoms with Crippen molar-refractivity contribution in [2.45, 2.75) is 18.9 Å². The van der Waals surface area contributed by atoms with Gasteiger partial charge in [0.1, 0.15) is 0 Å². The van der Waals surface area contributed by atoms with Crippen LogP contribution in [-0.2, 0) is 4.84 Å². The fourth-order valence-corrected chi connectivity index (χ4v) is 0.743. The lowest BCUT2D eigenvalue weighted by atomic mass is 10.2. The average molecular weight is 116 g/mol. The van der Waals surface area contributed by atoms with Gasteiger partial charge in [0.25, 0.3) is 0 Å². The van der Waals surface area contributed by atoms with Crippen LogP contribution < -0.4 is 11.2 Å². The highest BCUT2D eigenvalue weighted by atomic mass is 16.6. The highest BCUT2D eigenvalue weighted by Gasteiger charge is 2.05. The second kappa shape index (κ2) is 3.02. The first kappa shape index (κ1) is 6.01. The third-order valence-corrected chi connectivity index (χ3v) is 1.31. The zero-order valence-electron chi connectivity index (χ0n) is 4.89. The molecule has 1 rings (SSSR count). The molecule has 0 bridgehead atoms. The summed E-state index contributed by atoms with van der Waals surface area (Å²) in [5.74, 6) is 0. The van der Waals surface area contributed by atoms with Crippen LogP contribution in [0.2, 0.25) is 0 Å². The van der Waals surface area contributed by atoms with Crippen molar-refractivity contribution in [1.82, 2.24) is 5.48 Å².